The lowest BCUT2D eigenvalue weighted by Gasteiger charge is -2.38. The summed E-state index contributed by atoms with van der Waals surface area (Å²) in [6.45, 7) is 5.48. The van der Waals surface area contributed by atoms with E-state index >= 15 is 0 Å². The summed E-state index contributed by atoms with van der Waals surface area (Å²) in [6, 6.07) is 5.19. The molecule has 1 aromatic carbocycles. The van der Waals surface area contributed by atoms with Gasteiger partial charge in [-0.05, 0) is 49.3 Å². The van der Waals surface area contributed by atoms with E-state index in [-0.39, 0.29) is 10.9 Å². The third-order valence-electron chi connectivity index (χ3n) is 7.75. The first kappa shape index (κ1) is 23.5. The molecule has 0 radical (unpaired) electrons. The Morgan fingerprint density at radius 1 is 1.18 bits per heavy atom. The maximum Gasteiger partial charge on any atom is 0.231 e. The predicted octanol–water partition coefficient (Wildman–Crippen LogP) is 4.28. The number of nitrogens with zero attached hydrogens (tertiary/aromatic N) is 4. The average Bonchev–Trinajstić information content (AvgIpc) is 3.51. The van der Waals surface area contributed by atoms with Crippen LogP contribution in [0.5, 0.6) is 0 Å². The number of hydrogen-bond donors (Lipinski definition) is 1. The maximum absolute atomic E-state index is 14.3. The Morgan fingerprint density at radius 2 is 1.94 bits per heavy atom. The normalized spacial score (nSPS) is 21.7. The summed E-state index contributed by atoms with van der Waals surface area (Å²) in [5.41, 5.74) is 3.12. The van der Waals surface area contributed by atoms with E-state index in [4.69, 9.17) is 11.6 Å². The Balaban J connectivity index is 1.29. The number of hydrogen-bond acceptors (Lipinski definition) is 5. The molecular formula is C26H33ClFN5O. The SMILES string of the molecule is C[C@@H]1CCc2ncnc(N3CCN(C(=O)C(CNC4CCCC4)c4ccc(Cl)c(F)c4)CC3)c21. The molecule has 1 aliphatic heterocycles. The van der Waals surface area contributed by atoms with Crippen molar-refractivity contribution < 1.29 is 9.18 Å². The molecule has 1 saturated heterocycles. The second-order valence-corrected chi connectivity index (χ2v) is 10.3. The second kappa shape index (κ2) is 10.2. The molecule has 2 aliphatic carbocycles. The Bertz CT molecular complexity index is 1040. The number of benzene rings is 1. The lowest BCUT2D eigenvalue weighted by molar-refractivity contribution is -0.133. The number of piperazine rings is 1. The van der Waals surface area contributed by atoms with Crippen LogP contribution in [0.2, 0.25) is 5.02 Å². The van der Waals surface area contributed by atoms with Gasteiger partial charge in [0.1, 0.15) is 18.0 Å². The number of anilines is 1. The Hall–Kier alpha value is -2.25. The van der Waals surface area contributed by atoms with Crippen LogP contribution in [0.1, 0.15) is 67.7 Å². The molecule has 5 rings (SSSR count). The number of nitrogens with one attached hydrogen (secondary N) is 1. The number of aromatic nitrogens is 2. The van der Waals surface area contributed by atoms with E-state index in [1.165, 1.54) is 30.2 Å². The van der Waals surface area contributed by atoms with Crippen LogP contribution in [0.3, 0.4) is 0 Å². The monoisotopic (exact) mass is 485 g/mol. The molecule has 6 nitrogen and oxygen atoms in total. The van der Waals surface area contributed by atoms with Gasteiger partial charge in [0.2, 0.25) is 5.91 Å². The maximum atomic E-state index is 14.3. The summed E-state index contributed by atoms with van der Waals surface area (Å²) in [5.74, 6) is 0.641. The van der Waals surface area contributed by atoms with Crippen LogP contribution in [-0.4, -0.2) is 59.5 Å². The van der Waals surface area contributed by atoms with Gasteiger partial charge in [0.25, 0.3) is 0 Å². The summed E-state index contributed by atoms with van der Waals surface area (Å²) in [4.78, 5) is 27.0. The molecule has 0 spiro atoms. The second-order valence-electron chi connectivity index (χ2n) is 9.93. The van der Waals surface area contributed by atoms with E-state index in [0.717, 1.165) is 44.6 Å². The first-order valence-electron chi connectivity index (χ1n) is 12.6. The Kier molecular flexibility index (Phi) is 7.02. The molecule has 182 valence electrons. The molecule has 8 heteroatoms. The number of amides is 1. The minimum Gasteiger partial charge on any atom is -0.353 e. The quantitative estimate of drug-likeness (QED) is 0.661. The summed E-state index contributed by atoms with van der Waals surface area (Å²) in [6.07, 6.45) is 8.51. The molecule has 3 aliphatic rings. The fraction of sp³-hybridized carbons (Fsp3) is 0.577. The largest absolute Gasteiger partial charge is 0.353 e. The van der Waals surface area contributed by atoms with Crippen LogP contribution in [0.4, 0.5) is 10.2 Å². The highest BCUT2D eigenvalue weighted by Crippen LogP contribution is 2.37. The van der Waals surface area contributed by atoms with Crippen LogP contribution in [0.15, 0.2) is 24.5 Å². The minimum atomic E-state index is -0.477. The van der Waals surface area contributed by atoms with Gasteiger partial charge < -0.3 is 15.1 Å². The number of fused-ring (bicyclic) bond motifs is 1. The van der Waals surface area contributed by atoms with E-state index in [2.05, 4.69) is 27.1 Å². The Labute approximate surface area is 205 Å². The van der Waals surface area contributed by atoms with Crippen molar-refractivity contribution in [3.8, 4) is 0 Å². The van der Waals surface area contributed by atoms with Gasteiger partial charge in [0.15, 0.2) is 0 Å². The molecule has 0 bridgehead atoms. The van der Waals surface area contributed by atoms with Crippen LogP contribution >= 0.6 is 11.6 Å². The van der Waals surface area contributed by atoms with Gasteiger partial charge in [-0.2, -0.15) is 0 Å². The molecule has 2 heterocycles. The number of carbonyl (C=O) groups is 1. The van der Waals surface area contributed by atoms with Gasteiger partial charge in [0.05, 0.1) is 10.9 Å². The molecule has 1 aromatic heterocycles. The fourth-order valence-corrected chi connectivity index (χ4v) is 5.84. The molecular weight excluding hydrogens is 453 g/mol. The lowest BCUT2D eigenvalue weighted by atomic mass is 9.96. The van der Waals surface area contributed by atoms with Gasteiger partial charge in [0, 0.05) is 50.0 Å². The molecule has 2 aromatic rings. The molecule has 1 saturated carbocycles. The molecule has 2 atom stereocenters. The van der Waals surface area contributed by atoms with Crippen molar-refractivity contribution in [3.05, 3.63) is 52.2 Å². The smallest absolute Gasteiger partial charge is 0.231 e. The topological polar surface area (TPSA) is 61.4 Å². The highest BCUT2D eigenvalue weighted by molar-refractivity contribution is 6.30. The first-order valence-corrected chi connectivity index (χ1v) is 12.9. The van der Waals surface area contributed by atoms with E-state index in [9.17, 15) is 9.18 Å². The van der Waals surface area contributed by atoms with Gasteiger partial charge >= 0.3 is 0 Å². The van der Waals surface area contributed by atoms with Gasteiger partial charge in [-0.3, -0.25) is 4.79 Å². The molecule has 1 amide bonds. The fourth-order valence-electron chi connectivity index (χ4n) is 5.73. The average molecular weight is 486 g/mol. The van der Waals surface area contributed by atoms with Crippen molar-refractivity contribution in [2.24, 2.45) is 0 Å². The van der Waals surface area contributed by atoms with Crippen molar-refractivity contribution in [2.45, 2.75) is 63.3 Å². The first-order chi connectivity index (χ1) is 16.5. The highest BCUT2D eigenvalue weighted by Gasteiger charge is 2.32. The number of rotatable bonds is 6. The molecule has 34 heavy (non-hydrogen) atoms. The summed E-state index contributed by atoms with van der Waals surface area (Å²) < 4.78 is 14.3. The summed E-state index contributed by atoms with van der Waals surface area (Å²) in [5, 5.41) is 3.65. The van der Waals surface area contributed by atoms with E-state index in [1.807, 2.05) is 4.90 Å². The van der Waals surface area contributed by atoms with Crippen molar-refractivity contribution in [1.29, 1.82) is 0 Å². The summed E-state index contributed by atoms with van der Waals surface area (Å²) >= 11 is 5.92. The Morgan fingerprint density at radius 3 is 2.68 bits per heavy atom. The van der Waals surface area contributed by atoms with Gasteiger partial charge in [-0.1, -0.05) is 37.4 Å². The van der Waals surface area contributed by atoms with Crippen LogP contribution in [0, 0.1) is 5.82 Å². The molecule has 1 N–H and O–H groups in total. The van der Waals surface area contributed by atoms with Crippen molar-refractivity contribution in [3.63, 3.8) is 0 Å². The number of aryl methyl sites for hydroxylation is 1. The molecule has 1 unspecified atom stereocenters. The number of carbonyl (C=O) groups excluding carboxylic acids is 1. The standard InChI is InChI=1S/C26H33ClFN5O/c1-17-6-9-23-24(17)25(31-16-30-23)32-10-12-33(13-11-32)26(34)20(15-29-19-4-2-3-5-19)18-7-8-21(27)22(28)14-18/h7-8,14,16-17,19-20,29H,2-6,9-13,15H2,1H3/t17-,20?/m1/s1. The minimum absolute atomic E-state index is 0.0492. The highest BCUT2D eigenvalue weighted by atomic mass is 35.5. The van der Waals surface area contributed by atoms with Crippen molar-refractivity contribution >= 4 is 23.3 Å². The third-order valence-corrected chi connectivity index (χ3v) is 8.06. The van der Waals surface area contributed by atoms with Crippen LogP contribution in [-0.2, 0) is 11.2 Å². The van der Waals surface area contributed by atoms with E-state index < -0.39 is 11.7 Å². The van der Waals surface area contributed by atoms with Crippen LogP contribution < -0.4 is 10.2 Å². The lowest BCUT2D eigenvalue weighted by Crippen LogP contribution is -2.51. The van der Waals surface area contributed by atoms with Gasteiger partial charge in [-0.15, -0.1) is 0 Å². The van der Waals surface area contributed by atoms with Gasteiger partial charge in [-0.25, -0.2) is 14.4 Å². The third kappa shape index (κ3) is 4.78. The van der Waals surface area contributed by atoms with E-state index in [0.29, 0.717) is 37.2 Å². The zero-order valence-corrected chi connectivity index (χ0v) is 20.5. The van der Waals surface area contributed by atoms with Crippen molar-refractivity contribution in [1.82, 2.24) is 20.2 Å². The van der Waals surface area contributed by atoms with Crippen LogP contribution in [0.25, 0.3) is 0 Å². The van der Waals surface area contributed by atoms with Crippen molar-refractivity contribution in [2.75, 3.05) is 37.6 Å². The zero-order valence-electron chi connectivity index (χ0n) is 19.8. The number of halogens is 2. The van der Waals surface area contributed by atoms with E-state index in [1.54, 1.807) is 18.5 Å². The summed E-state index contributed by atoms with van der Waals surface area (Å²) in [7, 11) is 0. The zero-order chi connectivity index (χ0) is 23.7. The predicted molar refractivity (Wildman–Crippen MR) is 132 cm³/mol. The molecule has 2 fully saturated rings.